The van der Waals surface area contributed by atoms with Crippen molar-refractivity contribution < 1.29 is 40.3 Å². The van der Waals surface area contributed by atoms with Gasteiger partial charge in [0.25, 0.3) is 5.91 Å². The Morgan fingerprint density at radius 3 is 2.21 bits per heavy atom. The molecule has 1 fully saturated rings. The van der Waals surface area contributed by atoms with Gasteiger partial charge < -0.3 is 21.1 Å². The molecule has 0 saturated carbocycles. The zero-order valence-corrected chi connectivity index (χ0v) is 22.2. The van der Waals surface area contributed by atoms with E-state index in [1.54, 1.807) is 7.05 Å². The van der Waals surface area contributed by atoms with Crippen LogP contribution >= 0.6 is 0 Å². The second kappa shape index (κ2) is 11.2. The maximum atomic E-state index is 13.7. The average Bonchev–Trinajstić information content (AvgIpc) is 2.84. The van der Waals surface area contributed by atoms with Gasteiger partial charge in [-0.15, -0.1) is 13.2 Å². The van der Waals surface area contributed by atoms with Crippen LogP contribution in [0.25, 0.3) is 6.08 Å². The van der Waals surface area contributed by atoms with Gasteiger partial charge in [0.1, 0.15) is 5.54 Å². The van der Waals surface area contributed by atoms with Crippen LogP contribution in [0, 0.1) is 19.7 Å². The number of halogens is 4. The molecule has 1 aliphatic rings. The maximum absolute atomic E-state index is 13.7. The Balaban J connectivity index is 1.75. The van der Waals surface area contributed by atoms with Crippen LogP contribution < -0.4 is 21.1 Å². The van der Waals surface area contributed by atoms with Crippen LogP contribution in [0.15, 0.2) is 35.7 Å². The minimum atomic E-state index is -5.19. The number of carbonyl (C=O) groups excluding carboxylic acids is 2. The Hall–Kier alpha value is -3.65. The second-order valence-electron chi connectivity index (χ2n) is 9.11. The Labute approximate surface area is 223 Å². The number of ether oxygens (including phenoxy) is 1. The highest BCUT2D eigenvalue weighted by Crippen LogP contribution is 2.29. The number of nitrogens with one attached hydrogen (secondary N) is 2. The second-order valence-corrected chi connectivity index (χ2v) is 10.9. The zero-order chi connectivity index (χ0) is 29.2. The van der Waals surface area contributed by atoms with Crippen LogP contribution in [0.3, 0.4) is 0 Å². The van der Waals surface area contributed by atoms with Crippen molar-refractivity contribution in [3.05, 3.63) is 63.8 Å². The van der Waals surface area contributed by atoms with Gasteiger partial charge in [0.2, 0.25) is 15.9 Å². The summed E-state index contributed by atoms with van der Waals surface area (Å²) in [6.07, 6.45) is -4.08. The van der Waals surface area contributed by atoms with Crippen LogP contribution in [0.2, 0.25) is 0 Å². The molecular weight excluding hydrogens is 544 g/mol. The lowest BCUT2D eigenvalue weighted by molar-refractivity contribution is -0.275. The first-order chi connectivity index (χ1) is 18.1. The lowest BCUT2D eigenvalue weighted by Gasteiger charge is -2.39. The predicted octanol–water partition coefficient (Wildman–Crippen LogP) is 3.43. The van der Waals surface area contributed by atoms with Gasteiger partial charge in [-0.1, -0.05) is 0 Å². The van der Waals surface area contributed by atoms with E-state index < -0.39 is 50.9 Å². The summed E-state index contributed by atoms with van der Waals surface area (Å²) in [6, 6.07) is 5.83. The normalized spacial score (nSPS) is 16.2. The third-order valence-electron chi connectivity index (χ3n) is 6.47. The number of carbonyl (C=O) groups is 2. The molecule has 212 valence electrons. The molecule has 0 aromatic heterocycles. The summed E-state index contributed by atoms with van der Waals surface area (Å²) in [5, 5.41) is 6.49. The van der Waals surface area contributed by atoms with Crippen molar-refractivity contribution in [2.24, 2.45) is 5.73 Å². The molecule has 0 atom stereocenters. The summed E-state index contributed by atoms with van der Waals surface area (Å²) < 4.78 is 82.1. The van der Waals surface area contributed by atoms with E-state index in [1.807, 2.05) is 26.0 Å². The first-order valence-corrected chi connectivity index (χ1v) is 13.2. The number of hydrogen-bond acceptors (Lipinski definition) is 6. The van der Waals surface area contributed by atoms with Gasteiger partial charge in [-0.25, -0.2) is 12.8 Å². The van der Waals surface area contributed by atoms with Gasteiger partial charge in [-0.05, 0) is 79.8 Å². The summed E-state index contributed by atoms with van der Waals surface area (Å²) in [5.74, 6) is -4.52. The summed E-state index contributed by atoms with van der Waals surface area (Å²) >= 11 is 0. The van der Waals surface area contributed by atoms with E-state index in [0.29, 0.717) is 12.1 Å². The molecule has 2 aromatic rings. The molecule has 1 aliphatic heterocycles. The highest BCUT2D eigenvalue weighted by atomic mass is 32.2. The van der Waals surface area contributed by atoms with Crippen LogP contribution in [0.1, 0.15) is 39.9 Å². The number of anilines is 1. The van der Waals surface area contributed by atoms with Gasteiger partial charge in [0.05, 0.1) is 0 Å². The molecular formula is C25H28F4N4O5S. The number of benzene rings is 2. The number of hydrogen-bond donors (Lipinski definition) is 3. The first-order valence-electron chi connectivity index (χ1n) is 11.7. The van der Waals surface area contributed by atoms with Gasteiger partial charge >= 0.3 is 6.36 Å². The van der Waals surface area contributed by atoms with E-state index in [9.17, 15) is 35.6 Å². The van der Waals surface area contributed by atoms with Crippen molar-refractivity contribution in [1.29, 1.82) is 0 Å². The molecule has 39 heavy (non-hydrogen) atoms. The van der Waals surface area contributed by atoms with Crippen molar-refractivity contribution in [2.45, 2.75) is 38.6 Å². The molecule has 4 N–H and O–H groups in total. The third kappa shape index (κ3) is 7.06. The van der Waals surface area contributed by atoms with Gasteiger partial charge in [-0.2, -0.15) is 4.31 Å². The molecule has 14 heteroatoms. The van der Waals surface area contributed by atoms with Crippen LogP contribution in [-0.2, 0) is 14.8 Å². The Morgan fingerprint density at radius 1 is 1.10 bits per heavy atom. The largest absolute Gasteiger partial charge is 0.573 e. The monoisotopic (exact) mass is 572 g/mol. The van der Waals surface area contributed by atoms with Gasteiger partial charge in [-0.3, -0.25) is 9.59 Å². The molecule has 2 aromatic carbocycles. The number of rotatable bonds is 8. The summed E-state index contributed by atoms with van der Waals surface area (Å²) in [5.41, 5.74) is 6.80. The van der Waals surface area contributed by atoms with E-state index in [-0.39, 0.29) is 25.9 Å². The molecule has 1 heterocycles. The van der Waals surface area contributed by atoms with E-state index in [0.717, 1.165) is 38.2 Å². The predicted molar refractivity (Wildman–Crippen MR) is 137 cm³/mol. The number of piperidine rings is 1. The molecule has 0 bridgehead atoms. The molecule has 0 spiro atoms. The minimum Gasteiger partial charge on any atom is -0.403 e. The summed E-state index contributed by atoms with van der Waals surface area (Å²) in [6.45, 7) is 3.37. The Bertz CT molecular complexity index is 1380. The topological polar surface area (TPSA) is 131 Å². The number of amides is 2. The average molecular weight is 573 g/mol. The Morgan fingerprint density at radius 2 is 1.69 bits per heavy atom. The van der Waals surface area contributed by atoms with Crippen molar-refractivity contribution in [1.82, 2.24) is 9.62 Å². The number of alkyl halides is 3. The quantitative estimate of drug-likeness (QED) is 0.416. The minimum absolute atomic E-state index is 0.168. The highest BCUT2D eigenvalue weighted by molar-refractivity contribution is 7.92. The zero-order valence-electron chi connectivity index (χ0n) is 21.4. The standard InChI is InChI=1S/C25H28F4N4O5S/c1-15-12-18(31-3)13-16(2)19(15)6-11-39(36,37)33-9-7-24(8-10-33,23(30)35)32-22(34)17-4-5-20(26)21(14-17)38-25(27,28)29/h4-6,11-14,31H,7-10H2,1-3H3,(H2,30,35)(H,32,34). The fourth-order valence-corrected chi connectivity index (χ4v) is 5.49. The maximum Gasteiger partial charge on any atom is 0.573 e. The number of nitrogens with two attached hydrogens (primary N) is 1. The smallest absolute Gasteiger partial charge is 0.403 e. The highest BCUT2D eigenvalue weighted by Gasteiger charge is 2.43. The van der Waals surface area contributed by atoms with Crippen molar-refractivity contribution >= 4 is 33.6 Å². The van der Waals surface area contributed by atoms with Gasteiger partial charge in [0.15, 0.2) is 11.6 Å². The SMILES string of the molecule is CNc1cc(C)c(C=CS(=O)(=O)N2CCC(NC(=O)c3ccc(F)c(OC(F)(F)F)c3)(C(N)=O)CC2)c(C)c1. The first kappa shape index (κ1) is 29.9. The summed E-state index contributed by atoms with van der Waals surface area (Å²) in [4.78, 5) is 25.1. The number of aryl methyl sites for hydroxylation is 2. The van der Waals surface area contributed by atoms with E-state index in [4.69, 9.17) is 5.73 Å². The number of primary amides is 1. The molecule has 0 aliphatic carbocycles. The van der Waals surface area contributed by atoms with Crippen molar-refractivity contribution in [3.63, 3.8) is 0 Å². The van der Waals surface area contributed by atoms with E-state index >= 15 is 0 Å². The van der Waals surface area contributed by atoms with Gasteiger partial charge in [0, 0.05) is 36.8 Å². The fraction of sp³-hybridized carbons (Fsp3) is 0.360. The molecule has 0 radical (unpaired) electrons. The van der Waals surface area contributed by atoms with E-state index in [1.165, 1.54) is 6.08 Å². The lowest BCUT2D eigenvalue weighted by Crippen LogP contribution is -2.62. The lowest BCUT2D eigenvalue weighted by atomic mass is 9.87. The van der Waals surface area contributed by atoms with Crippen molar-refractivity contribution in [3.8, 4) is 5.75 Å². The van der Waals surface area contributed by atoms with Crippen LogP contribution in [-0.4, -0.2) is 56.6 Å². The third-order valence-corrected chi connectivity index (χ3v) is 8.03. The number of sulfonamides is 1. The summed E-state index contributed by atoms with van der Waals surface area (Å²) in [7, 11) is -2.13. The number of nitrogens with zero attached hydrogens (tertiary/aromatic N) is 1. The molecule has 2 amide bonds. The molecule has 3 rings (SSSR count). The molecule has 0 unspecified atom stereocenters. The fourth-order valence-electron chi connectivity index (χ4n) is 4.31. The van der Waals surface area contributed by atoms with Crippen LogP contribution in [0.5, 0.6) is 5.75 Å². The molecule has 9 nitrogen and oxygen atoms in total. The Kier molecular flexibility index (Phi) is 8.60. The van der Waals surface area contributed by atoms with E-state index in [2.05, 4.69) is 15.4 Å². The molecule has 1 saturated heterocycles. The van der Waals surface area contributed by atoms with Crippen LogP contribution in [0.4, 0.5) is 23.2 Å². The van der Waals surface area contributed by atoms with Crippen molar-refractivity contribution in [2.75, 3.05) is 25.5 Å².